The van der Waals surface area contributed by atoms with Crippen LogP contribution in [0.25, 0.3) is 0 Å². The van der Waals surface area contributed by atoms with Crippen LogP contribution in [0.1, 0.15) is 34.9 Å². The van der Waals surface area contributed by atoms with E-state index < -0.39 is 0 Å². The van der Waals surface area contributed by atoms with Crippen LogP contribution in [0.4, 0.5) is 0 Å². The smallest absolute Gasteiger partial charge is 0.182 e. The molecule has 0 N–H and O–H groups in total. The molecular weight excluding hydrogens is 296 g/mol. The van der Waals surface area contributed by atoms with Gasteiger partial charge < -0.3 is 4.74 Å². The van der Waals surface area contributed by atoms with Crippen molar-refractivity contribution in [1.29, 1.82) is 0 Å². The molecular formula is C14H17ClN2O2S. The average molecular weight is 313 g/mol. The third-order valence-electron chi connectivity index (χ3n) is 3.12. The summed E-state index contributed by atoms with van der Waals surface area (Å²) in [7, 11) is 1.57. The van der Waals surface area contributed by atoms with E-state index in [2.05, 4.69) is 5.10 Å². The maximum absolute atomic E-state index is 12.4. The monoisotopic (exact) mass is 312 g/mol. The van der Waals surface area contributed by atoms with Crippen molar-refractivity contribution >= 4 is 28.7 Å². The number of methoxy groups -OCH3 is 1. The Morgan fingerprint density at radius 1 is 1.50 bits per heavy atom. The highest BCUT2D eigenvalue weighted by atomic mass is 35.5. The first-order valence-corrected chi connectivity index (χ1v) is 7.76. The Labute approximate surface area is 127 Å². The lowest BCUT2D eigenvalue weighted by Gasteiger charge is -2.05. The molecule has 2 aromatic rings. The van der Waals surface area contributed by atoms with Gasteiger partial charge in [0, 0.05) is 6.54 Å². The lowest BCUT2D eigenvalue weighted by Crippen LogP contribution is -2.09. The third-order valence-corrected chi connectivity index (χ3v) is 4.50. The van der Waals surface area contributed by atoms with Gasteiger partial charge in [0.25, 0.3) is 0 Å². The van der Waals surface area contributed by atoms with E-state index in [4.69, 9.17) is 16.3 Å². The highest BCUT2D eigenvalue weighted by Gasteiger charge is 2.20. The molecule has 0 aliphatic heterocycles. The largest absolute Gasteiger partial charge is 0.495 e. The molecule has 0 aliphatic rings. The van der Waals surface area contributed by atoms with Crippen molar-refractivity contribution in [2.24, 2.45) is 0 Å². The van der Waals surface area contributed by atoms with Crippen LogP contribution in [-0.2, 0) is 19.4 Å². The number of carbonyl (C=O) groups excluding carboxylic acids is 1. The van der Waals surface area contributed by atoms with Gasteiger partial charge in [0.1, 0.15) is 10.6 Å². The zero-order chi connectivity index (χ0) is 14.7. The van der Waals surface area contributed by atoms with Gasteiger partial charge in [-0.3, -0.25) is 9.48 Å². The molecule has 0 unspecified atom stereocenters. The molecule has 0 aliphatic carbocycles. The minimum Gasteiger partial charge on any atom is -0.495 e. The lowest BCUT2D eigenvalue weighted by atomic mass is 10.1. The maximum Gasteiger partial charge on any atom is 0.182 e. The van der Waals surface area contributed by atoms with Gasteiger partial charge in [0.15, 0.2) is 5.78 Å². The first-order chi connectivity index (χ1) is 9.62. The fourth-order valence-corrected chi connectivity index (χ4v) is 3.21. The van der Waals surface area contributed by atoms with E-state index in [0.717, 1.165) is 17.8 Å². The Balaban J connectivity index is 2.30. The molecule has 6 heteroatoms. The van der Waals surface area contributed by atoms with Crippen molar-refractivity contribution in [3.63, 3.8) is 0 Å². The summed E-state index contributed by atoms with van der Waals surface area (Å²) in [4.78, 5) is 13.0. The van der Waals surface area contributed by atoms with E-state index in [0.29, 0.717) is 22.2 Å². The molecule has 0 atom stereocenters. The molecule has 0 saturated carbocycles. The average Bonchev–Trinajstić information content (AvgIpc) is 3.04. The van der Waals surface area contributed by atoms with E-state index in [9.17, 15) is 4.79 Å². The Hall–Kier alpha value is -1.33. The zero-order valence-corrected chi connectivity index (χ0v) is 13.3. The van der Waals surface area contributed by atoms with E-state index in [-0.39, 0.29) is 12.2 Å². The second-order valence-corrected chi connectivity index (χ2v) is 5.59. The van der Waals surface area contributed by atoms with Crippen LogP contribution in [0.15, 0.2) is 11.4 Å². The summed E-state index contributed by atoms with van der Waals surface area (Å²) in [6, 6.07) is 1.80. The van der Waals surface area contributed by atoms with Crippen molar-refractivity contribution in [3.8, 4) is 5.75 Å². The van der Waals surface area contributed by atoms with Gasteiger partial charge in [-0.25, -0.2) is 0 Å². The summed E-state index contributed by atoms with van der Waals surface area (Å²) in [6.45, 7) is 4.69. The van der Waals surface area contributed by atoms with Crippen LogP contribution in [0.5, 0.6) is 5.75 Å². The molecule has 108 valence electrons. The predicted molar refractivity (Wildman–Crippen MR) is 81.2 cm³/mol. The molecule has 4 nitrogen and oxygen atoms in total. The van der Waals surface area contributed by atoms with Gasteiger partial charge in [0.05, 0.1) is 29.9 Å². The summed E-state index contributed by atoms with van der Waals surface area (Å²) in [6.07, 6.45) is 1.01. The lowest BCUT2D eigenvalue weighted by molar-refractivity contribution is 0.0992. The summed E-state index contributed by atoms with van der Waals surface area (Å²) in [5.74, 6) is 0.630. The number of carbonyl (C=O) groups is 1. The number of hydrogen-bond acceptors (Lipinski definition) is 4. The predicted octanol–water partition coefficient (Wildman–Crippen LogP) is 3.61. The highest BCUT2D eigenvalue weighted by molar-refractivity contribution is 7.12. The molecule has 20 heavy (non-hydrogen) atoms. The molecule has 0 aromatic carbocycles. The second-order valence-electron chi connectivity index (χ2n) is 4.29. The Kier molecular flexibility index (Phi) is 4.83. The van der Waals surface area contributed by atoms with E-state index in [1.54, 1.807) is 17.9 Å². The van der Waals surface area contributed by atoms with Crippen molar-refractivity contribution in [1.82, 2.24) is 9.78 Å². The number of halogens is 1. The third kappa shape index (κ3) is 2.74. The fraction of sp³-hybridized carbons (Fsp3) is 0.429. The number of nitrogens with zero attached hydrogens (tertiary/aromatic N) is 2. The number of ketones is 1. The quantitative estimate of drug-likeness (QED) is 0.765. The summed E-state index contributed by atoms with van der Waals surface area (Å²) in [5.41, 5.74) is 1.63. The Morgan fingerprint density at radius 3 is 2.85 bits per heavy atom. The molecule has 0 saturated heterocycles. The number of thiophene rings is 1. The van der Waals surface area contributed by atoms with Gasteiger partial charge >= 0.3 is 0 Å². The maximum atomic E-state index is 12.4. The standard InChI is InChI=1S/C14H17ClN2O2S/c1-4-9-13(15)10(17(5-2)16-9)8-11(18)14-12(19-3)6-7-20-14/h6-7H,4-5,8H2,1-3H3. The van der Waals surface area contributed by atoms with Crippen LogP contribution in [-0.4, -0.2) is 22.7 Å². The van der Waals surface area contributed by atoms with Crippen LogP contribution >= 0.6 is 22.9 Å². The summed E-state index contributed by atoms with van der Waals surface area (Å²) >= 11 is 7.71. The highest BCUT2D eigenvalue weighted by Crippen LogP contribution is 2.28. The van der Waals surface area contributed by atoms with Gasteiger partial charge in [-0.05, 0) is 24.8 Å². The number of ether oxygens (including phenoxy) is 1. The molecule has 2 rings (SSSR count). The van der Waals surface area contributed by atoms with Crippen LogP contribution < -0.4 is 4.74 Å². The Bertz CT molecular complexity index is 619. The molecule has 0 bridgehead atoms. The minimum absolute atomic E-state index is 0.0102. The van der Waals surface area contributed by atoms with Gasteiger partial charge in [-0.2, -0.15) is 5.10 Å². The van der Waals surface area contributed by atoms with Crippen molar-refractivity contribution in [2.45, 2.75) is 33.2 Å². The number of aryl methyl sites for hydroxylation is 2. The van der Waals surface area contributed by atoms with Crippen molar-refractivity contribution < 1.29 is 9.53 Å². The summed E-state index contributed by atoms with van der Waals surface area (Å²) in [5, 5.41) is 6.89. The molecule has 0 spiro atoms. The number of hydrogen-bond donors (Lipinski definition) is 0. The van der Waals surface area contributed by atoms with Crippen molar-refractivity contribution in [3.05, 3.63) is 32.7 Å². The normalized spacial score (nSPS) is 10.8. The van der Waals surface area contributed by atoms with E-state index in [1.165, 1.54) is 11.3 Å². The van der Waals surface area contributed by atoms with E-state index in [1.807, 2.05) is 19.2 Å². The molecule has 0 fully saturated rings. The van der Waals surface area contributed by atoms with Gasteiger partial charge in [-0.1, -0.05) is 18.5 Å². The molecule has 0 amide bonds. The molecule has 2 aromatic heterocycles. The number of aromatic nitrogens is 2. The molecule has 0 radical (unpaired) electrons. The zero-order valence-electron chi connectivity index (χ0n) is 11.8. The van der Waals surface area contributed by atoms with Gasteiger partial charge in [0.2, 0.25) is 0 Å². The SMILES string of the molecule is CCc1nn(CC)c(CC(=O)c2sccc2OC)c1Cl. The fourth-order valence-electron chi connectivity index (χ4n) is 2.08. The van der Waals surface area contributed by atoms with E-state index >= 15 is 0 Å². The first kappa shape index (κ1) is 15.1. The first-order valence-electron chi connectivity index (χ1n) is 6.51. The van der Waals surface area contributed by atoms with Gasteiger partial charge in [-0.15, -0.1) is 11.3 Å². The summed E-state index contributed by atoms with van der Waals surface area (Å²) < 4.78 is 7.00. The number of rotatable bonds is 6. The Morgan fingerprint density at radius 2 is 2.25 bits per heavy atom. The molecule has 2 heterocycles. The number of Topliss-reactive ketones (excluding diaryl/α,β-unsaturated/α-hetero) is 1. The van der Waals surface area contributed by atoms with Crippen LogP contribution in [0.3, 0.4) is 0 Å². The minimum atomic E-state index is 0.0102. The second kappa shape index (κ2) is 6.41. The topological polar surface area (TPSA) is 44.1 Å². The van der Waals surface area contributed by atoms with Crippen LogP contribution in [0.2, 0.25) is 5.02 Å². The van der Waals surface area contributed by atoms with Crippen LogP contribution in [0, 0.1) is 0 Å². The van der Waals surface area contributed by atoms with Crippen molar-refractivity contribution in [2.75, 3.05) is 7.11 Å².